The lowest BCUT2D eigenvalue weighted by molar-refractivity contribution is 0.0925. The van der Waals surface area contributed by atoms with Crippen LogP contribution in [0.1, 0.15) is 30.1 Å². The van der Waals surface area contributed by atoms with Gasteiger partial charge < -0.3 is 15.6 Å². The number of amides is 1. The Hall–Kier alpha value is -1.81. The summed E-state index contributed by atoms with van der Waals surface area (Å²) in [7, 11) is 0. The predicted molar refractivity (Wildman–Crippen MR) is 80.8 cm³/mol. The molecule has 4 heteroatoms. The van der Waals surface area contributed by atoms with Crippen LogP contribution in [0.5, 0.6) is 0 Å². The molecule has 0 spiro atoms. The SMILES string of the molecule is CC1(CNC(=O)c2ccc3cc[nH]c3c2)CCCNC1. The van der Waals surface area contributed by atoms with Crippen molar-refractivity contribution in [2.24, 2.45) is 5.41 Å². The van der Waals surface area contributed by atoms with Gasteiger partial charge in [0.1, 0.15) is 0 Å². The lowest BCUT2D eigenvalue weighted by Crippen LogP contribution is -2.45. The largest absolute Gasteiger partial charge is 0.361 e. The van der Waals surface area contributed by atoms with E-state index in [0.717, 1.165) is 37.0 Å². The molecule has 0 saturated carbocycles. The van der Waals surface area contributed by atoms with Gasteiger partial charge in [0.15, 0.2) is 0 Å². The van der Waals surface area contributed by atoms with E-state index in [4.69, 9.17) is 0 Å². The molecular formula is C16H21N3O. The molecule has 4 nitrogen and oxygen atoms in total. The van der Waals surface area contributed by atoms with Gasteiger partial charge in [-0.25, -0.2) is 0 Å². The van der Waals surface area contributed by atoms with Gasteiger partial charge in [-0.05, 0) is 48.4 Å². The topological polar surface area (TPSA) is 56.9 Å². The van der Waals surface area contributed by atoms with Crippen LogP contribution in [0.2, 0.25) is 0 Å². The first-order valence-corrected chi connectivity index (χ1v) is 7.22. The second kappa shape index (κ2) is 5.29. The first kappa shape index (κ1) is 13.2. The smallest absolute Gasteiger partial charge is 0.251 e. The number of aromatic amines is 1. The van der Waals surface area contributed by atoms with Crippen LogP contribution in [0, 0.1) is 5.41 Å². The molecule has 1 aromatic heterocycles. The second-order valence-corrected chi connectivity index (χ2v) is 6.05. The second-order valence-electron chi connectivity index (χ2n) is 6.05. The molecule has 3 N–H and O–H groups in total. The van der Waals surface area contributed by atoms with Crippen molar-refractivity contribution < 1.29 is 4.79 Å². The van der Waals surface area contributed by atoms with Crippen LogP contribution >= 0.6 is 0 Å². The molecular weight excluding hydrogens is 250 g/mol. The lowest BCUT2D eigenvalue weighted by Gasteiger charge is -2.34. The summed E-state index contributed by atoms with van der Waals surface area (Å²) in [5.41, 5.74) is 1.89. The minimum Gasteiger partial charge on any atom is -0.361 e. The number of fused-ring (bicyclic) bond motifs is 1. The van der Waals surface area contributed by atoms with Crippen molar-refractivity contribution in [1.82, 2.24) is 15.6 Å². The van der Waals surface area contributed by atoms with Gasteiger partial charge in [-0.2, -0.15) is 0 Å². The summed E-state index contributed by atoms with van der Waals surface area (Å²) >= 11 is 0. The van der Waals surface area contributed by atoms with E-state index in [1.54, 1.807) is 0 Å². The zero-order valence-electron chi connectivity index (χ0n) is 11.8. The van der Waals surface area contributed by atoms with E-state index in [2.05, 4.69) is 22.5 Å². The summed E-state index contributed by atoms with van der Waals surface area (Å²) < 4.78 is 0. The Bertz CT molecular complexity index is 611. The van der Waals surface area contributed by atoms with E-state index in [-0.39, 0.29) is 11.3 Å². The van der Waals surface area contributed by atoms with Crippen LogP contribution in [0.15, 0.2) is 30.5 Å². The predicted octanol–water partition coefficient (Wildman–Crippen LogP) is 2.29. The summed E-state index contributed by atoms with van der Waals surface area (Å²) in [6, 6.07) is 7.77. The molecule has 1 aliphatic heterocycles. The van der Waals surface area contributed by atoms with Crippen molar-refractivity contribution in [3.05, 3.63) is 36.0 Å². The van der Waals surface area contributed by atoms with Gasteiger partial charge in [0, 0.05) is 30.4 Å². The number of H-pyrrole nitrogens is 1. The maximum absolute atomic E-state index is 12.2. The summed E-state index contributed by atoms with van der Waals surface area (Å²) in [6.45, 7) is 5.02. The Morgan fingerprint density at radius 3 is 3.10 bits per heavy atom. The molecule has 1 fully saturated rings. The Balaban J connectivity index is 1.66. The number of piperidine rings is 1. The Labute approximate surface area is 118 Å². The van der Waals surface area contributed by atoms with Gasteiger partial charge in [-0.15, -0.1) is 0 Å². The molecule has 0 aliphatic carbocycles. The first-order chi connectivity index (χ1) is 9.66. The standard InChI is InChI=1S/C16H21N3O/c1-16(6-2-7-17-10-16)11-19-15(20)13-4-3-12-5-8-18-14(12)9-13/h3-5,8-9,17-18H,2,6-7,10-11H2,1H3,(H,19,20). The number of carbonyl (C=O) groups excluding carboxylic acids is 1. The highest BCUT2D eigenvalue weighted by Crippen LogP contribution is 2.24. The molecule has 2 aromatic rings. The zero-order valence-corrected chi connectivity index (χ0v) is 11.8. The minimum absolute atomic E-state index is 0.00768. The van der Waals surface area contributed by atoms with Crippen molar-refractivity contribution in [2.45, 2.75) is 19.8 Å². The van der Waals surface area contributed by atoms with Crippen molar-refractivity contribution >= 4 is 16.8 Å². The van der Waals surface area contributed by atoms with Gasteiger partial charge in [-0.3, -0.25) is 4.79 Å². The summed E-state index contributed by atoms with van der Waals surface area (Å²) in [5, 5.41) is 7.61. The van der Waals surface area contributed by atoms with E-state index in [9.17, 15) is 4.79 Å². The monoisotopic (exact) mass is 271 g/mol. The molecule has 1 amide bonds. The molecule has 106 valence electrons. The average Bonchev–Trinajstić information content (AvgIpc) is 2.93. The number of hydrogen-bond acceptors (Lipinski definition) is 2. The van der Waals surface area contributed by atoms with Gasteiger partial charge in [0.05, 0.1) is 0 Å². The third-order valence-corrected chi connectivity index (χ3v) is 4.18. The zero-order chi connectivity index (χ0) is 14.0. The maximum atomic E-state index is 12.2. The third kappa shape index (κ3) is 2.70. The number of hydrogen-bond donors (Lipinski definition) is 3. The highest BCUT2D eigenvalue weighted by Gasteiger charge is 2.27. The fourth-order valence-electron chi connectivity index (χ4n) is 2.85. The number of nitrogens with one attached hydrogen (secondary N) is 3. The molecule has 1 aromatic carbocycles. The van der Waals surface area contributed by atoms with Crippen molar-refractivity contribution in [1.29, 1.82) is 0 Å². The van der Waals surface area contributed by atoms with E-state index in [1.165, 1.54) is 6.42 Å². The Kier molecular flexibility index (Phi) is 3.49. The Morgan fingerprint density at radius 2 is 2.30 bits per heavy atom. The summed E-state index contributed by atoms with van der Waals surface area (Å²) in [6.07, 6.45) is 4.23. The molecule has 0 bridgehead atoms. The third-order valence-electron chi connectivity index (χ3n) is 4.18. The molecule has 1 atom stereocenters. The molecule has 2 heterocycles. The van der Waals surface area contributed by atoms with Crippen molar-refractivity contribution in [2.75, 3.05) is 19.6 Å². The van der Waals surface area contributed by atoms with Crippen LogP contribution in [0.4, 0.5) is 0 Å². The summed E-state index contributed by atoms with van der Waals surface area (Å²) in [5.74, 6) is 0.00768. The van der Waals surface area contributed by atoms with Crippen molar-refractivity contribution in [3.8, 4) is 0 Å². The molecule has 0 radical (unpaired) electrons. The minimum atomic E-state index is 0.00768. The van der Waals surface area contributed by atoms with Crippen LogP contribution in [0.3, 0.4) is 0 Å². The van der Waals surface area contributed by atoms with E-state index < -0.39 is 0 Å². The van der Waals surface area contributed by atoms with Crippen LogP contribution in [0.25, 0.3) is 10.9 Å². The number of carbonyl (C=O) groups is 1. The van der Waals surface area contributed by atoms with Crippen molar-refractivity contribution in [3.63, 3.8) is 0 Å². The molecule has 1 aliphatic rings. The van der Waals surface area contributed by atoms with Crippen LogP contribution in [-0.2, 0) is 0 Å². The van der Waals surface area contributed by atoms with Gasteiger partial charge >= 0.3 is 0 Å². The van der Waals surface area contributed by atoms with E-state index >= 15 is 0 Å². The van der Waals surface area contributed by atoms with Crippen LogP contribution in [-0.4, -0.2) is 30.5 Å². The van der Waals surface area contributed by atoms with Crippen LogP contribution < -0.4 is 10.6 Å². The van der Waals surface area contributed by atoms with E-state index in [1.807, 2.05) is 30.5 Å². The highest BCUT2D eigenvalue weighted by molar-refractivity contribution is 5.97. The van der Waals surface area contributed by atoms with Gasteiger partial charge in [-0.1, -0.05) is 13.0 Å². The van der Waals surface area contributed by atoms with Gasteiger partial charge in [0.25, 0.3) is 5.91 Å². The molecule has 1 unspecified atom stereocenters. The molecule has 20 heavy (non-hydrogen) atoms. The highest BCUT2D eigenvalue weighted by atomic mass is 16.1. The summed E-state index contributed by atoms with van der Waals surface area (Å²) in [4.78, 5) is 15.4. The van der Waals surface area contributed by atoms with E-state index in [0.29, 0.717) is 5.56 Å². The molecule has 3 rings (SSSR count). The lowest BCUT2D eigenvalue weighted by atomic mass is 9.83. The first-order valence-electron chi connectivity index (χ1n) is 7.22. The molecule has 1 saturated heterocycles. The maximum Gasteiger partial charge on any atom is 0.251 e. The van der Waals surface area contributed by atoms with Gasteiger partial charge in [0.2, 0.25) is 0 Å². The Morgan fingerprint density at radius 1 is 1.40 bits per heavy atom. The number of rotatable bonds is 3. The fraction of sp³-hybridized carbons (Fsp3) is 0.438. The normalized spacial score (nSPS) is 22.9. The average molecular weight is 271 g/mol. The number of benzene rings is 1. The quantitative estimate of drug-likeness (QED) is 0.802. The number of aromatic nitrogens is 1. The fourth-order valence-corrected chi connectivity index (χ4v) is 2.85.